The molecule has 0 radical (unpaired) electrons. The summed E-state index contributed by atoms with van der Waals surface area (Å²) in [5, 5.41) is 7.82. The molecule has 1 aliphatic carbocycles. The van der Waals surface area contributed by atoms with Crippen LogP contribution in [0.2, 0.25) is 0 Å². The Hall–Kier alpha value is -2.93. The lowest BCUT2D eigenvalue weighted by molar-refractivity contribution is -0.117. The van der Waals surface area contributed by atoms with Crippen LogP contribution in [0.15, 0.2) is 46.4 Å². The number of nitrogens with one attached hydrogen (secondary N) is 2. The molecule has 2 heterocycles. The Morgan fingerprint density at radius 2 is 2.00 bits per heavy atom. The van der Waals surface area contributed by atoms with Crippen molar-refractivity contribution >= 4 is 28.3 Å². The van der Waals surface area contributed by atoms with Crippen molar-refractivity contribution in [1.82, 2.24) is 10.3 Å². The van der Waals surface area contributed by atoms with Gasteiger partial charge in [0.1, 0.15) is 6.04 Å². The standard InChI is InChI=1S/C21H21N3O3S/c1-13(22-20(26)18-7-4-10-27-18)19(25)24-21-23-17(12-28-21)16-9-8-14-5-2-3-6-15(14)11-16/h4,7-13H,2-3,5-6H2,1H3,(H,22,26)(H,23,24,25)/t13-/m1/s1. The van der Waals surface area contributed by atoms with Gasteiger partial charge >= 0.3 is 0 Å². The Bertz CT molecular complexity index is 994. The Kier molecular flexibility index (Phi) is 5.25. The molecule has 6 nitrogen and oxygen atoms in total. The lowest BCUT2D eigenvalue weighted by atomic mass is 9.90. The molecule has 0 unspecified atom stereocenters. The summed E-state index contributed by atoms with van der Waals surface area (Å²) < 4.78 is 5.03. The summed E-state index contributed by atoms with van der Waals surface area (Å²) in [7, 11) is 0. The number of amides is 2. The molecule has 0 bridgehead atoms. The predicted molar refractivity (Wildman–Crippen MR) is 108 cm³/mol. The summed E-state index contributed by atoms with van der Waals surface area (Å²) in [5.41, 5.74) is 4.74. The quantitative estimate of drug-likeness (QED) is 0.683. The molecule has 1 atom stereocenters. The number of anilines is 1. The van der Waals surface area contributed by atoms with Gasteiger partial charge in [-0.05, 0) is 61.9 Å². The molecule has 0 aliphatic heterocycles. The third-order valence-electron chi connectivity index (χ3n) is 4.86. The van der Waals surface area contributed by atoms with Crippen LogP contribution in [0.4, 0.5) is 5.13 Å². The van der Waals surface area contributed by atoms with Crippen LogP contribution >= 0.6 is 11.3 Å². The monoisotopic (exact) mass is 395 g/mol. The maximum Gasteiger partial charge on any atom is 0.287 e. The lowest BCUT2D eigenvalue weighted by Gasteiger charge is -2.16. The Morgan fingerprint density at radius 1 is 1.18 bits per heavy atom. The van der Waals surface area contributed by atoms with E-state index in [0.717, 1.165) is 24.1 Å². The third-order valence-corrected chi connectivity index (χ3v) is 5.62. The molecule has 1 aromatic carbocycles. The molecule has 144 valence electrons. The van der Waals surface area contributed by atoms with E-state index in [-0.39, 0.29) is 11.7 Å². The fraction of sp³-hybridized carbons (Fsp3) is 0.286. The van der Waals surface area contributed by atoms with Crippen LogP contribution in [0.5, 0.6) is 0 Å². The fourth-order valence-corrected chi connectivity index (χ4v) is 4.03. The second kappa shape index (κ2) is 7.98. The van der Waals surface area contributed by atoms with Gasteiger partial charge in [0, 0.05) is 10.9 Å². The van der Waals surface area contributed by atoms with Crippen molar-refractivity contribution in [3.8, 4) is 11.3 Å². The van der Waals surface area contributed by atoms with Crippen LogP contribution in [0.3, 0.4) is 0 Å². The average Bonchev–Trinajstić information content (AvgIpc) is 3.40. The summed E-state index contributed by atoms with van der Waals surface area (Å²) in [4.78, 5) is 28.9. The van der Waals surface area contributed by atoms with Crippen molar-refractivity contribution in [1.29, 1.82) is 0 Å². The van der Waals surface area contributed by atoms with Gasteiger partial charge in [-0.25, -0.2) is 4.98 Å². The molecule has 2 amide bonds. The molecule has 1 aliphatic rings. The average molecular weight is 395 g/mol. The van der Waals surface area contributed by atoms with E-state index >= 15 is 0 Å². The van der Waals surface area contributed by atoms with Gasteiger partial charge in [-0.15, -0.1) is 11.3 Å². The minimum absolute atomic E-state index is 0.170. The first-order chi connectivity index (χ1) is 13.6. The summed E-state index contributed by atoms with van der Waals surface area (Å²) in [6.45, 7) is 1.62. The Balaban J connectivity index is 1.40. The zero-order valence-corrected chi connectivity index (χ0v) is 16.3. The first kappa shape index (κ1) is 18.4. The van der Waals surface area contributed by atoms with Gasteiger partial charge in [-0.1, -0.05) is 12.1 Å². The number of aromatic nitrogens is 1. The van der Waals surface area contributed by atoms with Gasteiger partial charge in [-0.2, -0.15) is 0 Å². The van der Waals surface area contributed by atoms with Crippen LogP contribution in [-0.2, 0) is 17.6 Å². The molecule has 4 rings (SSSR count). The highest BCUT2D eigenvalue weighted by Gasteiger charge is 2.19. The topological polar surface area (TPSA) is 84.2 Å². The smallest absolute Gasteiger partial charge is 0.287 e. The van der Waals surface area contributed by atoms with Crippen molar-refractivity contribution in [2.24, 2.45) is 0 Å². The van der Waals surface area contributed by atoms with Gasteiger partial charge in [0.25, 0.3) is 5.91 Å². The maximum absolute atomic E-state index is 12.4. The lowest BCUT2D eigenvalue weighted by Crippen LogP contribution is -2.41. The summed E-state index contributed by atoms with van der Waals surface area (Å²) >= 11 is 1.37. The molecule has 3 aromatic rings. The van der Waals surface area contributed by atoms with E-state index in [4.69, 9.17) is 4.42 Å². The number of fused-ring (bicyclic) bond motifs is 1. The minimum atomic E-state index is -0.714. The molecule has 0 saturated carbocycles. The van der Waals surface area contributed by atoms with Crippen molar-refractivity contribution in [2.75, 3.05) is 5.32 Å². The van der Waals surface area contributed by atoms with E-state index in [9.17, 15) is 9.59 Å². The number of hydrogen-bond donors (Lipinski definition) is 2. The number of furan rings is 1. The molecule has 0 spiro atoms. The van der Waals surface area contributed by atoms with E-state index in [1.54, 1.807) is 19.1 Å². The van der Waals surface area contributed by atoms with Gasteiger partial charge < -0.3 is 15.1 Å². The molecule has 28 heavy (non-hydrogen) atoms. The summed E-state index contributed by atoms with van der Waals surface area (Å²) in [6.07, 6.45) is 6.17. The van der Waals surface area contributed by atoms with Gasteiger partial charge in [0.05, 0.1) is 12.0 Å². The second-order valence-corrected chi connectivity index (χ2v) is 7.75. The number of aryl methyl sites for hydroxylation is 2. The number of nitrogens with zero attached hydrogens (tertiary/aromatic N) is 1. The first-order valence-electron chi connectivity index (χ1n) is 9.33. The van der Waals surface area contributed by atoms with Gasteiger partial charge in [0.15, 0.2) is 10.9 Å². The van der Waals surface area contributed by atoms with Crippen molar-refractivity contribution in [3.05, 3.63) is 58.9 Å². The zero-order chi connectivity index (χ0) is 19.5. The highest BCUT2D eigenvalue weighted by atomic mass is 32.1. The Morgan fingerprint density at radius 3 is 2.79 bits per heavy atom. The number of thiazole rings is 1. The van der Waals surface area contributed by atoms with E-state index in [2.05, 4.69) is 33.8 Å². The van der Waals surface area contributed by atoms with Crippen LogP contribution < -0.4 is 10.6 Å². The van der Waals surface area contributed by atoms with E-state index in [1.165, 1.54) is 41.6 Å². The molecule has 2 aromatic heterocycles. The van der Waals surface area contributed by atoms with Gasteiger partial charge in [-0.3, -0.25) is 9.59 Å². The van der Waals surface area contributed by atoms with E-state index < -0.39 is 11.9 Å². The molecular formula is C21H21N3O3S. The molecule has 7 heteroatoms. The zero-order valence-electron chi connectivity index (χ0n) is 15.5. The largest absolute Gasteiger partial charge is 0.459 e. The third kappa shape index (κ3) is 3.99. The summed E-state index contributed by atoms with van der Waals surface area (Å²) in [5.74, 6) is -0.587. The minimum Gasteiger partial charge on any atom is -0.459 e. The van der Waals surface area contributed by atoms with E-state index in [1.807, 2.05) is 5.38 Å². The number of hydrogen-bond acceptors (Lipinski definition) is 5. The fourth-order valence-electron chi connectivity index (χ4n) is 3.31. The van der Waals surface area contributed by atoms with Gasteiger partial charge in [0.2, 0.25) is 5.91 Å². The highest BCUT2D eigenvalue weighted by Crippen LogP contribution is 2.29. The summed E-state index contributed by atoms with van der Waals surface area (Å²) in [6, 6.07) is 8.95. The normalized spacial score (nSPS) is 14.2. The predicted octanol–water partition coefficient (Wildman–Crippen LogP) is 4.04. The molecular weight excluding hydrogens is 374 g/mol. The Labute approximate surface area is 167 Å². The van der Waals surface area contributed by atoms with Crippen LogP contribution in [0, 0.1) is 0 Å². The maximum atomic E-state index is 12.4. The number of benzene rings is 1. The van der Waals surface area contributed by atoms with E-state index in [0.29, 0.717) is 5.13 Å². The van der Waals surface area contributed by atoms with Crippen LogP contribution in [0.1, 0.15) is 41.4 Å². The van der Waals surface area contributed by atoms with Crippen LogP contribution in [0.25, 0.3) is 11.3 Å². The first-order valence-corrected chi connectivity index (χ1v) is 10.2. The van der Waals surface area contributed by atoms with Crippen molar-refractivity contribution in [3.63, 3.8) is 0 Å². The van der Waals surface area contributed by atoms with Crippen molar-refractivity contribution in [2.45, 2.75) is 38.6 Å². The SMILES string of the molecule is C[C@@H](NC(=O)c1ccco1)C(=O)Nc1nc(-c2ccc3c(c2)CCCC3)cs1. The highest BCUT2D eigenvalue weighted by molar-refractivity contribution is 7.14. The van der Waals surface area contributed by atoms with Crippen LogP contribution in [-0.4, -0.2) is 22.8 Å². The molecule has 0 saturated heterocycles. The number of rotatable bonds is 5. The number of carbonyl (C=O) groups excluding carboxylic acids is 2. The molecule has 0 fully saturated rings. The second-order valence-electron chi connectivity index (χ2n) is 6.89. The molecule has 2 N–H and O–H groups in total. The van der Waals surface area contributed by atoms with Crippen molar-refractivity contribution < 1.29 is 14.0 Å². The number of carbonyl (C=O) groups is 2.